The molecule has 0 unspecified atom stereocenters. The Morgan fingerprint density at radius 3 is 2.70 bits per heavy atom. The molecule has 144 valence electrons. The lowest BCUT2D eigenvalue weighted by atomic mass is 10.1. The van der Waals surface area contributed by atoms with Crippen LogP contribution in [-0.2, 0) is 16.0 Å². The first-order chi connectivity index (χ1) is 12.9. The van der Waals surface area contributed by atoms with E-state index in [1.165, 1.54) is 0 Å². The quantitative estimate of drug-likeness (QED) is 0.790. The van der Waals surface area contributed by atoms with Crippen LogP contribution in [0.4, 0.5) is 11.6 Å². The minimum atomic E-state index is -0.218. The molecule has 0 spiro atoms. The predicted octanol–water partition coefficient (Wildman–Crippen LogP) is 2.79. The van der Waals surface area contributed by atoms with Crippen molar-refractivity contribution < 1.29 is 9.53 Å². The van der Waals surface area contributed by atoms with E-state index in [4.69, 9.17) is 27.9 Å². The van der Waals surface area contributed by atoms with Gasteiger partial charge in [0, 0.05) is 36.5 Å². The Hall–Kier alpha value is -2.09. The number of carbonyl (C=O) groups excluding carboxylic acids is 1. The Morgan fingerprint density at radius 2 is 2.04 bits per heavy atom. The van der Waals surface area contributed by atoms with Crippen LogP contribution in [0.3, 0.4) is 0 Å². The summed E-state index contributed by atoms with van der Waals surface area (Å²) in [5.74, 6) is 0.328. The van der Waals surface area contributed by atoms with Crippen LogP contribution >= 0.6 is 23.2 Å². The fraction of sp³-hybridized carbons (Fsp3) is 0.389. The van der Waals surface area contributed by atoms with Crippen LogP contribution in [0, 0.1) is 6.92 Å². The molecule has 0 radical (unpaired) electrons. The van der Waals surface area contributed by atoms with Gasteiger partial charge in [-0.2, -0.15) is 0 Å². The average Bonchev–Trinajstić information content (AvgIpc) is 2.64. The van der Waals surface area contributed by atoms with Gasteiger partial charge < -0.3 is 15.0 Å². The van der Waals surface area contributed by atoms with Gasteiger partial charge in [-0.25, -0.2) is 4.98 Å². The number of anilines is 2. The molecular weight excluding hydrogens is 391 g/mol. The number of H-pyrrole nitrogens is 1. The fourth-order valence-electron chi connectivity index (χ4n) is 2.85. The fourth-order valence-corrected chi connectivity index (χ4v) is 3.15. The second-order valence-electron chi connectivity index (χ2n) is 6.23. The Kier molecular flexibility index (Phi) is 6.36. The van der Waals surface area contributed by atoms with Crippen molar-refractivity contribution in [2.45, 2.75) is 19.8 Å². The lowest BCUT2D eigenvalue weighted by Gasteiger charge is -2.27. The first-order valence-corrected chi connectivity index (χ1v) is 9.37. The molecule has 9 heteroatoms. The molecule has 1 saturated heterocycles. The maximum atomic E-state index is 12.4. The molecule has 1 aliphatic rings. The third-order valence-electron chi connectivity index (χ3n) is 4.33. The molecule has 1 fully saturated rings. The van der Waals surface area contributed by atoms with Crippen LogP contribution in [0.25, 0.3) is 0 Å². The van der Waals surface area contributed by atoms with Crippen LogP contribution in [-0.4, -0.2) is 42.2 Å². The van der Waals surface area contributed by atoms with Gasteiger partial charge in [0.25, 0.3) is 5.56 Å². The van der Waals surface area contributed by atoms with Crippen molar-refractivity contribution in [2.75, 3.05) is 36.5 Å². The average molecular weight is 411 g/mol. The number of hydrogen-bond acceptors (Lipinski definition) is 5. The molecule has 1 aromatic heterocycles. The normalized spacial score (nSPS) is 14.3. The van der Waals surface area contributed by atoms with Gasteiger partial charge in [-0.3, -0.25) is 14.6 Å². The molecular formula is C18H20Cl2N4O3. The molecule has 0 atom stereocenters. The number of aryl methyl sites for hydroxylation is 1. The van der Waals surface area contributed by atoms with E-state index in [0.717, 1.165) is 0 Å². The minimum Gasteiger partial charge on any atom is -0.378 e. The van der Waals surface area contributed by atoms with Gasteiger partial charge in [-0.15, -0.1) is 0 Å². The molecule has 0 aliphatic carbocycles. The molecule has 0 saturated carbocycles. The van der Waals surface area contributed by atoms with E-state index < -0.39 is 0 Å². The van der Waals surface area contributed by atoms with E-state index in [0.29, 0.717) is 65.7 Å². The Balaban J connectivity index is 1.64. The Labute approximate surface area is 166 Å². The number of ether oxygens (including phenoxy) is 1. The summed E-state index contributed by atoms with van der Waals surface area (Å²) >= 11 is 11.8. The SMILES string of the molecule is Cc1nc(N2CCOCC2)[nH]c(=O)c1CCC(=O)Nc1ccc(Cl)c(Cl)c1. The zero-order valence-electron chi connectivity index (χ0n) is 14.8. The third kappa shape index (κ3) is 5.00. The molecule has 1 aliphatic heterocycles. The molecule has 27 heavy (non-hydrogen) atoms. The van der Waals surface area contributed by atoms with Gasteiger partial charge in [0.2, 0.25) is 11.9 Å². The highest BCUT2D eigenvalue weighted by Gasteiger charge is 2.17. The highest BCUT2D eigenvalue weighted by molar-refractivity contribution is 6.42. The summed E-state index contributed by atoms with van der Waals surface area (Å²) in [5.41, 5.74) is 1.48. The number of nitrogens with zero attached hydrogens (tertiary/aromatic N) is 2. The smallest absolute Gasteiger partial charge is 0.255 e. The van der Waals surface area contributed by atoms with Crippen molar-refractivity contribution >= 4 is 40.7 Å². The maximum absolute atomic E-state index is 12.4. The maximum Gasteiger partial charge on any atom is 0.255 e. The van der Waals surface area contributed by atoms with Gasteiger partial charge in [0.05, 0.1) is 23.3 Å². The van der Waals surface area contributed by atoms with Crippen molar-refractivity contribution in [3.8, 4) is 0 Å². The monoisotopic (exact) mass is 410 g/mol. The molecule has 3 rings (SSSR count). The summed E-state index contributed by atoms with van der Waals surface area (Å²) in [6.07, 6.45) is 0.452. The Morgan fingerprint density at radius 1 is 1.30 bits per heavy atom. The highest BCUT2D eigenvalue weighted by atomic mass is 35.5. The Bertz CT molecular complexity index is 895. The summed E-state index contributed by atoms with van der Waals surface area (Å²) in [5, 5.41) is 3.53. The number of amides is 1. The van der Waals surface area contributed by atoms with E-state index in [9.17, 15) is 9.59 Å². The van der Waals surface area contributed by atoms with Crippen molar-refractivity contribution in [3.05, 3.63) is 49.9 Å². The number of benzene rings is 1. The predicted molar refractivity (Wildman–Crippen MR) is 106 cm³/mol. The number of aromatic amines is 1. The summed E-state index contributed by atoms with van der Waals surface area (Å²) in [4.78, 5) is 33.9. The molecule has 2 heterocycles. The molecule has 2 N–H and O–H groups in total. The first-order valence-electron chi connectivity index (χ1n) is 8.61. The van der Waals surface area contributed by atoms with Gasteiger partial charge in [-0.05, 0) is 31.5 Å². The topological polar surface area (TPSA) is 87.3 Å². The molecule has 1 amide bonds. The van der Waals surface area contributed by atoms with E-state index >= 15 is 0 Å². The second kappa shape index (κ2) is 8.73. The zero-order valence-corrected chi connectivity index (χ0v) is 16.4. The highest BCUT2D eigenvalue weighted by Crippen LogP contribution is 2.25. The van der Waals surface area contributed by atoms with Crippen molar-refractivity contribution in [2.24, 2.45) is 0 Å². The number of halogens is 2. The van der Waals surface area contributed by atoms with Crippen molar-refractivity contribution in [3.63, 3.8) is 0 Å². The van der Waals surface area contributed by atoms with E-state index in [1.54, 1.807) is 25.1 Å². The van der Waals surface area contributed by atoms with E-state index in [1.807, 2.05) is 4.90 Å². The van der Waals surface area contributed by atoms with Crippen LogP contribution < -0.4 is 15.8 Å². The largest absolute Gasteiger partial charge is 0.378 e. The van der Waals surface area contributed by atoms with Gasteiger partial charge in [-0.1, -0.05) is 23.2 Å². The van der Waals surface area contributed by atoms with E-state index in [2.05, 4.69) is 15.3 Å². The zero-order chi connectivity index (χ0) is 19.4. The summed E-state index contributed by atoms with van der Waals surface area (Å²) in [7, 11) is 0. The summed E-state index contributed by atoms with van der Waals surface area (Å²) in [6, 6.07) is 4.87. The van der Waals surface area contributed by atoms with Crippen molar-refractivity contribution in [1.82, 2.24) is 9.97 Å². The molecule has 7 nitrogen and oxygen atoms in total. The molecule has 2 aromatic rings. The molecule has 1 aromatic carbocycles. The number of morpholine rings is 1. The summed E-state index contributed by atoms with van der Waals surface area (Å²) in [6.45, 7) is 4.38. The third-order valence-corrected chi connectivity index (χ3v) is 5.06. The van der Waals surface area contributed by atoms with Gasteiger partial charge in [0.1, 0.15) is 0 Å². The lowest BCUT2D eigenvalue weighted by molar-refractivity contribution is -0.116. The van der Waals surface area contributed by atoms with Crippen LogP contribution in [0.5, 0.6) is 0 Å². The number of rotatable bonds is 5. The van der Waals surface area contributed by atoms with Crippen LogP contribution in [0.2, 0.25) is 10.0 Å². The number of hydrogen-bond donors (Lipinski definition) is 2. The standard InChI is InChI=1S/C18H20Cl2N4O3/c1-11-13(17(26)23-18(21-11)24-6-8-27-9-7-24)3-5-16(25)22-12-2-4-14(19)15(20)10-12/h2,4,10H,3,5-9H2,1H3,(H,22,25)(H,21,23,26). The van der Waals surface area contributed by atoms with Crippen LogP contribution in [0.15, 0.2) is 23.0 Å². The van der Waals surface area contributed by atoms with Crippen LogP contribution in [0.1, 0.15) is 17.7 Å². The van der Waals surface area contributed by atoms with Gasteiger partial charge >= 0.3 is 0 Å². The number of nitrogens with one attached hydrogen (secondary N) is 2. The second-order valence-corrected chi connectivity index (χ2v) is 7.04. The minimum absolute atomic E-state index is 0.156. The molecule has 0 bridgehead atoms. The lowest BCUT2D eigenvalue weighted by Crippen LogP contribution is -2.38. The first kappa shape index (κ1) is 19.7. The number of aromatic nitrogens is 2. The van der Waals surface area contributed by atoms with E-state index in [-0.39, 0.29) is 17.9 Å². The summed E-state index contributed by atoms with van der Waals surface area (Å²) < 4.78 is 5.31. The van der Waals surface area contributed by atoms with Crippen molar-refractivity contribution in [1.29, 1.82) is 0 Å². The van der Waals surface area contributed by atoms with Gasteiger partial charge in [0.15, 0.2) is 0 Å². The number of carbonyl (C=O) groups is 1.